The standard InChI is InChI=1S/C18H14ClF3N2O3S/c1-28(25,26)14-8-6-13(7-9-14)27-11-12-10-17(18(20,21)22)23-24(12)16-5-3-2-4-15(16)19/h2-10H,11H2,1H3. The van der Waals surface area contributed by atoms with Gasteiger partial charge in [-0.2, -0.15) is 18.3 Å². The summed E-state index contributed by atoms with van der Waals surface area (Å²) in [5.41, 5.74) is -0.656. The van der Waals surface area contributed by atoms with Gasteiger partial charge in [0.25, 0.3) is 0 Å². The number of nitrogens with zero attached hydrogens (tertiary/aromatic N) is 2. The van der Waals surface area contributed by atoms with Gasteiger partial charge in [-0.1, -0.05) is 23.7 Å². The van der Waals surface area contributed by atoms with Gasteiger partial charge in [0.15, 0.2) is 15.5 Å². The molecule has 3 aromatic rings. The Hall–Kier alpha value is -2.52. The highest BCUT2D eigenvalue weighted by Gasteiger charge is 2.35. The molecule has 0 fully saturated rings. The highest BCUT2D eigenvalue weighted by Crippen LogP contribution is 2.31. The number of rotatable bonds is 5. The normalized spacial score (nSPS) is 12.2. The van der Waals surface area contributed by atoms with E-state index in [2.05, 4.69) is 5.10 Å². The van der Waals surface area contributed by atoms with Crippen molar-refractivity contribution < 1.29 is 26.3 Å². The molecule has 0 N–H and O–H groups in total. The van der Waals surface area contributed by atoms with E-state index in [1.807, 2.05) is 0 Å². The number of sulfone groups is 1. The number of alkyl halides is 3. The molecule has 2 aromatic carbocycles. The molecule has 0 aliphatic heterocycles. The van der Waals surface area contributed by atoms with Gasteiger partial charge >= 0.3 is 6.18 Å². The zero-order chi connectivity index (χ0) is 20.5. The van der Waals surface area contributed by atoms with Crippen LogP contribution in [0.2, 0.25) is 5.02 Å². The molecule has 0 aliphatic rings. The summed E-state index contributed by atoms with van der Waals surface area (Å²) in [6.07, 6.45) is -3.55. The summed E-state index contributed by atoms with van der Waals surface area (Å²) in [6, 6.07) is 12.8. The largest absolute Gasteiger partial charge is 0.487 e. The topological polar surface area (TPSA) is 61.2 Å². The van der Waals surface area contributed by atoms with Gasteiger partial charge in [-0.05, 0) is 42.5 Å². The van der Waals surface area contributed by atoms with Crippen molar-refractivity contribution in [3.8, 4) is 11.4 Å². The Labute approximate surface area is 164 Å². The Morgan fingerprint density at radius 2 is 1.75 bits per heavy atom. The lowest BCUT2D eigenvalue weighted by atomic mass is 10.3. The molecule has 0 radical (unpaired) electrons. The molecule has 0 amide bonds. The molecule has 0 spiro atoms. The van der Waals surface area contributed by atoms with Crippen LogP contribution in [0.25, 0.3) is 5.69 Å². The zero-order valence-electron chi connectivity index (χ0n) is 14.4. The predicted molar refractivity (Wildman–Crippen MR) is 97.5 cm³/mol. The third-order valence-corrected chi connectivity index (χ3v) is 5.24. The second-order valence-corrected chi connectivity index (χ2v) is 8.34. The minimum atomic E-state index is -4.63. The minimum Gasteiger partial charge on any atom is -0.487 e. The van der Waals surface area contributed by atoms with Gasteiger partial charge in [0.1, 0.15) is 12.4 Å². The average molecular weight is 431 g/mol. The van der Waals surface area contributed by atoms with Crippen LogP contribution in [-0.2, 0) is 22.6 Å². The van der Waals surface area contributed by atoms with Gasteiger partial charge in [0.05, 0.1) is 21.3 Å². The van der Waals surface area contributed by atoms with Crippen molar-refractivity contribution in [2.75, 3.05) is 6.26 Å². The molecule has 0 saturated carbocycles. The lowest BCUT2D eigenvalue weighted by Gasteiger charge is -2.11. The molecule has 148 valence electrons. The molecule has 0 aliphatic carbocycles. The van der Waals surface area contributed by atoms with E-state index >= 15 is 0 Å². The molecule has 0 bridgehead atoms. The van der Waals surface area contributed by atoms with Crippen molar-refractivity contribution >= 4 is 21.4 Å². The average Bonchev–Trinajstić information content (AvgIpc) is 3.04. The quantitative estimate of drug-likeness (QED) is 0.596. The first-order chi connectivity index (χ1) is 13.1. The molecule has 0 saturated heterocycles. The maximum atomic E-state index is 13.1. The van der Waals surface area contributed by atoms with E-state index in [9.17, 15) is 21.6 Å². The fourth-order valence-electron chi connectivity index (χ4n) is 2.43. The van der Waals surface area contributed by atoms with Gasteiger partial charge < -0.3 is 4.74 Å². The number of aromatic nitrogens is 2. The van der Waals surface area contributed by atoms with Crippen LogP contribution in [0.5, 0.6) is 5.75 Å². The number of hydrogen-bond acceptors (Lipinski definition) is 4. The molecule has 1 heterocycles. The smallest absolute Gasteiger partial charge is 0.435 e. The first-order valence-electron chi connectivity index (χ1n) is 7.89. The fourth-order valence-corrected chi connectivity index (χ4v) is 3.28. The second kappa shape index (κ2) is 7.48. The monoisotopic (exact) mass is 430 g/mol. The van der Waals surface area contributed by atoms with E-state index in [0.29, 0.717) is 5.75 Å². The molecule has 10 heteroatoms. The van der Waals surface area contributed by atoms with Crippen LogP contribution in [0.15, 0.2) is 59.5 Å². The first kappa shape index (κ1) is 20.2. The number of ether oxygens (including phenoxy) is 1. The minimum absolute atomic E-state index is 0.111. The molecule has 3 rings (SSSR count). The highest BCUT2D eigenvalue weighted by atomic mass is 35.5. The molecular weight excluding hydrogens is 417 g/mol. The molecule has 0 unspecified atom stereocenters. The van der Waals surface area contributed by atoms with Crippen LogP contribution >= 0.6 is 11.6 Å². The van der Waals surface area contributed by atoms with Crippen LogP contribution in [0.4, 0.5) is 13.2 Å². The Kier molecular flexibility index (Phi) is 5.40. The molecule has 1 aromatic heterocycles. The van der Waals surface area contributed by atoms with Gasteiger partial charge in [0.2, 0.25) is 0 Å². The van der Waals surface area contributed by atoms with Crippen molar-refractivity contribution in [3.63, 3.8) is 0 Å². The SMILES string of the molecule is CS(=O)(=O)c1ccc(OCc2cc(C(F)(F)F)nn2-c2ccccc2Cl)cc1. The summed E-state index contributed by atoms with van der Waals surface area (Å²) in [5, 5.41) is 3.85. The lowest BCUT2D eigenvalue weighted by Crippen LogP contribution is -2.08. The summed E-state index contributed by atoms with van der Waals surface area (Å²) >= 11 is 6.09. The van der Waals surface area contributed by atoms with E-state index in [4.69, 9.17) is 16.3 Å². The summed E-state index contributed by atoms with van der Waals surface area (Å²) in [4.78, 5) is 0.111. The highest BCUT2D eigenvalue weighted by molar-refractivity contribution is 7.90. The van der Waals surface area contributed by atoms with Crippen LogP contribution in [0.1, 0.15) is 11.4 Å². The third-order valence-electron chi connectivity index (χ3n) is 3.79. The van der Waals surface area contributed by atoms with E-state index in [0.717, 1.165) is 17.0 Å². The van der Waals surface area contributed by atoms with E-state index < -0.39 is 21.7 Å². The number of para-hydroxylation sites is 1. The first-order valence-corrected chi connectivity index (χ1v) is 10.2. The van der Waals surface area contributed by atoms with Gasteiger partial charge in [-0.15, -0.1) is 0 Å². The predicted octanol–water partition coefficient (Wildman–Crippen LogP) is 4.53. The fraction of sp³-hybridized carbons (Fsp3) is 0.167. The zero-order valence-corrected chi connectivity index (χ0v) is 16.0. The van der Waals surface area contributed by atoms with Crippen LogP contribution in [-0.4, -0.2) is 24.5 Å². The van der Waals surface area contributed by atoms with Gasteiger partial charge in [0, 0.05) is 6.26 Å². The summed E-state index contributed by atoms with van der Waals surface area (Å²) < 4.78 is 68.9. The molecule has 28 heavy (non-hydrogen) atoms. The van der Waals surface area contributed by atoms with Crippen LogP contribution in [0, 0.1) is 0 Å². The van der Waals surface area contributed by atoms with Gasteiger partial charge in [-0.25, -0.2) is 13.1 Å². The van der Waals surface area contributed by atoms with Crippen molar-refractivity contribution in [1.29, 1.82) is 0 Å². The van der Waals surface area contributed by atoms with E-state index in [-0.39, 0.29) is 27.9 Å². The Bertz CT molecular complexity index is 1090. The van der Waals surface area contributed by atoms with Gasteiger partial charge in [-0.3, -0.25) is 0 Å². The van der Waals surface area contributed by atoms with Crippen molar-refractivity contribution in [3.05, 3.63) is 71.0 Å². The Morgan fingerprint density at radius 1 is 1.11 bits per heavy atom. The maximum absolute atomic E-state index is 13.1. The van der Waals surface area contributed by atoms with Crippen molar-refractivity contribution in [2.45, 2.75) is 17.7 Å². The number of hydrogen-bond donors (Lipinski definition) is 0. The summed E-state index contributed by atoms with van der Waals surface area (Å²) in [6.45, 7) is -0.230. The number of benzene rings is 2. The lowest BCUT2D eigenvalue weighted by molar-refractivity contribution is -0.141. The van der Waals surface area contributed by atoms with Crippen LogP contribution in [0.3, 0.4) is 0 Å². The molecule has 5 nitrogen and oxygen atoms in total. The number of halogens is 4. The second-order valence-electron chi connectivity index (χ2n) is 5.91. The molecule has 0 atom stereocenters. The van der Waals surface area contributed by atoms with Crippen molar-refractivity contribution in [1.82, 2.24) is 9.78 Å². The van der Waals surface area contributed by atoms with E-state index in [1.54, 1.807) is 24.3 Å². The summed E-state index contributed by atoms with van der Waals surface area (Å²) in [5.74, 6) is 0.299. The summed E-state index contributed by atoms with van der Waals surface area (Å²) in [7, 11) is -3.36. The van der Waals surface area contributed by atoms with Crippen LogP contribution < -0.4 is 4.74 Å². The van der Waals surface area contributed by atoms with Crippen molar-refractivity contribution in [2.24, 2.45) is 0 Å². The third kappa shape index (κ3) is 4.48. The Balaban J connectivity index is 1.91. The van der Waals surface area contributed by atoms with E-state index in [1.165, 1.54) is 24.3 Å². The Morgan fingerprint density at radius 3 is 2.32 bits per heavy atom. The molecular formula is C18H14ClF3N2O3S. The maximum Gasteiger partial charge on any atom is 0.435 e.